The van der Waals surface area contributed by atoms with Crippen LogP contribution in [0.25, 0.3) is 22.0 Å². The molecule has 2 N–H and O–H groups in total. The molecule has 0 aliphatic carbocycles. The molecule has 6 bridgehead atoms. The van der Waals surface area contributed by atoms with Crippen LogP contribution < -0.4 is 10.3 Å². The molecule has 1 atom stereocenters. The zero-order chi connectivity index (χ0) is 26.9. The standard InChI is InChI=1S/C32H33N3O3/c1-5-23-9-10-26-17-30(23)38-14-13-22-7-6-8-24(15-22)27-18-31(36)34-29-12-11-25(16-28(27)29)32(26,37)21(4)35-33-19-20(2)3/h6-12,15-20,37H,5,13-14H2,1-4H3,(H,34,36)/b33-19-,35-21+. The summed E-state index contributed by atoms with van der Waals surface area (Å²) in [6.45, 7) is 8.42. The lowest BCUT2D eigenvalue weighted by molar-refractivity contribution is 0.154. The van der Waals surface area contributed by atoms with Crippen LogP contribution in [0.4, 0.5) is 0 Å². The van der Waals surface area contributed by atoms with Crippen LogP contribution in [0.5, 0.6) is 5.75 Å². The zero-order valence-corrected chi connectivity index (χ0v) is 22.3. The minimum Gasteiger partial charge on any atom is -0.493 e. The highest BCUT2D eigenvalue weighted by atomic mass is 16.5. The number of benzene rings is 3. The molecule has 1 aliphatic heterocycles. The van der Waals surface area contributed by atoms with Gasteiger partial charge in [-0.15, -0.1) is 0 Å². The van der Waals surface area contributed by atoms with Crippen molar-refractivity contribution in [3.05, 3.63) is 99.3 Å². The fraction of sp³-hybridized carbons (Fsp3) is 0.281. The van der Waals surface area contributed by atoms with Crippen molar-refractivity contribution in [2.45, 2.75) is 46.1 Å². The second-order valence-electron chi connectivity index (χ2n) is 10.2. The van der Waals surface area contributed by atoms with Crippen LogP contribution in [-0.2, 0) is 18.4 Å². The Bertz CT molecular complexity index is 1620. The van der Waals surface area contributed by atoms with Gasteiger partial charge in [-0.25, -0.2) is 0 Å². The van der Waals surface area contributed by atoms with E-state index in [9.17, 15) is 9.90 Å². The molecule has 3 aromatic carbocycles. The summed E-state index contributed by atoms with van der Waals surface area (Å²) in [5.74, 6) is 0.978. The van der Waals surface area contributed by atoms with E-state index in [2.05, 4.69) is 34.2 Å². The van der Waals surface area contributed by atoms with Crippen LogP contribution in [0.15, 0.2) is 81.7 Å². The van der Waals surface area contributed by atoms with Gasteiger partial charge in [0.1, 0.15) is 5.75 Å². The molecule has 0 fully saturated rings. The Labute approximate surface area is 222 Å². The molecule has 1 aliphatic rings. The number of pyridine rings is 1. The maximum atomic E-state index is 12.6. The second kappa shape index (κ2) is 10.4. The fourth-order valence-electron chi connectivity index (χ4n) is 5.01. The van der Waals surface area contributed by atoms with E-state index >= 15 is 0 Å². The smallest absolute Gasteiger partial charge is 0.249 e. The summed E-state index contributed by atoms with van der Waals surface area (Å²) in [6, 6.07) is 21.3. The predicted molar refractivity (Wildman–Crippen MR) is 154 cm³/mol. The highest BCUT2D eigenvalue weighted by molar-refractivity contribution is 5.99. The van der Waals surface area contributed by atoms with Crippen LogP contribution in [0, 0.1) is 5.92 Å². The van der Waals surface area contributed by atoms with Gasteiger partial charge in [0.25, 0.3) is 0 Å². The number of nitrogens with one attached hydrogen (secondary N) is 1. The van der Waals surface area contributed by atoms with E-state index in [1.165, 1.54) is 0 Å². The molecular formula is C32H33N3O3. The monoisotopic (exact) mass is 507 g/mol. The minimum atomic E-state index is -1.58. The van der Waals surface area contributed by atoms with E-state index in [0.717, 1.165) is 39.8 Å². The van der Waals surface area contributed by atoms with Gasteiger partial charge >= 0.3 is 0 Å². The van der Waals surface area contributed by atoms with Crippen molar-refractivity contribution in [3.63, 3.8) is 0 Å². The third-order valence-electron chi connectivity index (χ3n) is 7.11. The van der Waals surface area contributed by atoms with Crippen LogP contribution >= 0.6 is 0 Å². The van der Waals surface area contributed by atoms with Crippen molar-refractivity contribution in [2.75, 3.05) is 6.61 Å². The van der Waals surface area contributed by atoms with Gasteiger partial charge < -0.3 is 14.8 Å². The minimum absolute atomic E-state index is 0.175. The highest BCUT2D eigenvalue weighted by Gasteiger charge is 2.36. The fourth-order valence-corrected chi connectivity index (χ4v) is 5.01. The number of rotatable bonds is 4. The number of aryl methyl sites for hydroxylation is 1. The molecule has 0 saturated heterocycles. The van der Waals surface area contributed by atoms with Crippen LogP contribution in [-0.4, -0.2) is 28.6 Å². The first-order valence-electron chi connectivity index (χ1n) is 13.1. The normalized spacial score (nSPS) is 17.7. The summed E-state index contributed by atoms with van der Waals surface area (Å²) in [5.41, 5.74) is 4.60. The Morgan fingerprint density at radius 1 is 1.11 bits per heavy atom. The van der Waals surface area contributed by atoms with Gasteiger partial charge in [0.15, 0.2) is 5.60 Å². The van der Waals surface area contributed by atoms with Crippen LogP contribution in [0.2, 0.25) is 0 Å². The van der Waals surface area contributed by atoms with Gasteiger partial charge in [0.2, 0.25) is 5.56 Å². The van der Waals surface area contributed by atoms with Crippen molar-refractivity contribution in [1.82, 2.24) is 4.98 Å². The quantitative estimate of drug-likeness (QED) is 0.261. The molecule has 0 radical (unpaired) electrons. The number of nitrogens with zero attached hydrogens (tertiary/aromatic N) is 2. The zero-order valence-electron chi connectivity index (χ0n) is 22.3. The van der Waals surface area contributed by atoms with Crippen molar-refractivity contribution in [2.24, 2.45) is 16.1 Å². The van der Waals surface area contributed by atoms with Gasteiger partial charge in [-0.05, 0) is 70.8 Å². The number of fused-ring (bicyclic) bond motifs is 6. The average molecular weight is 508 g/mol. The van der Waals surface area contributed by atoms with Crippen molar-refractivity contribution in [1.29, 1.82) is 0 Å². The van der Waals surface area contributed by atoms with E-state index in [-0.39, 0.29) is 11.5 Å². The van der Waals surface area contributed by atoms with Gasteiger partial charge in [0.05, 0.1) is 12.3 Å². The van der Waals surface area contributed by atoms with E-state index in [4.69, 9.17) is 4.74 Å². The molecule has 2 heterocycles. The maximum absolute atomic E-state index is 12.6. The van der Waals surface area contributed by atoms with Gasteiger partial charge in [-0.1, -0.05) is 63.2 Å². The Hall–Kier alpha value is -4.03. The SMILES string of the molecule is CCc1ccc2cc1OCCc1cccc(c1)-c1cc(=O)[nH]c3ccc(cc13)C2(O)/C(C)=N/N=C\C(C)C. The Morgan fingerprint density at radius 3 is 2.68 bits per heavy atom. The van der Waals surface area contributed by atoms with Gasteiger partial charge in [-0.2, -0.15) is 10.2 Å². The molecular weight excluding hydrogens is 474 g/mol. The predicted octanol–water partition coefficient (Wildman–Crippen LogP) is 6.03. The van der Waals surface area contributed by atoms with E-state index in [0.29, 0.717) is 35.4 Å². The third kappa shape index (κ3) is 4.79. The van der Waals surface area contributed by atoms with Gasteiger partial charge in [-0.3, -0.25) is 4.79 Å². The summed E-state index contributed by atoms with van der Waals surface area (Å²) in [7, 11) is 0. The number of hydrogen-bond donors (Lipinski definition) is 2. The topological polar surface area (TPSA) is 87.0 Å². The first kappa shape index (κ1) is 25.6. The largest absolute Gasteiger partial charge is 0.493 e. The second-order valence-corrected chi connectivity index (χ2v) is 10.2. The molecule has 4 aromatic rings. The Morgan fingerprint density at radius 2 is 1.89 bits per heavy atom. The molecule has 0 amide bonds. The lowest BCUT2D eigenvalue weighted by atomic mass is 9.81. The van der Waals surface area contributed by atoms with Crippen LogP contribution in [0.1, 0.15) is 49.9 Å². The maximum Gasteiger partial charge on any atom is 0.249 e. The first-order valence-corrected chi connectivity index (χ1v) is 13.1. The molecule has 1 aromatic heterocycles. The summed E-state index contributed by atoms with van der Waals surface area (Å²) in [4.78, 5) is 15.5. The molecule has 6 nitrogen and oxygen atoms in total. The van der Waals surface area contributed by atoms with Crippen molar-refractivity contribution in [3.8, 4) is 16.9 Å². The summed E-state index contributed by atoms with van der Waals surface area (Å²) in [6.07, 6.45) is 3.27. The lowest BCUT2D eigenvalue weighted by Crippen LogP contribution is -2.35. The van der Waals surface area contributed by atoms with Gasteiger partial charge in [0, 0.05) is 29.6 Å². The third-order valence-corrected chi connectivity index (χ3v) is 7.11. The molecule has 1 unspecified atom stereocenters. The summed E-state index contributed by atoms with van der Waals surface area (Å²) < 4.78 is 6.29. The molecule has 6 heteroatoms. The summed E-state index contributed by atoms with van der Waals surface area (Å²) in [5, 5.41) is 22.0. The molecule has 38 heavy (non-hydrogen) atoms. The molecule has 0 saturated carbocycles. The van der Waals surface area contributed by atoms with E-state index < -0.39 is 5.60 Å². The molecule has 0 spiro atoms. The Balaban J connectivity index is 1.84. The summed E-state index contributed by atoms with van der Waals surface area (Å²) >= 11 is 0. The molecule has 194 valence electrons. The first-order chi connectivity index (χ1) is 18.3. The number of aliphatic hydroxyl groups is 1. The van der Waals surface area contributed by atoms with E-state index in [1.54, 1.807) is 19.2 Å². The Kier molecular flexibility index (Phi) is 7.00. The average Bonchev–Trinajstić information content (AvgIpc) is 2.91. The van der Waals surface area contributed by atoms with Crippen molar-refractivity contribution >= 4 is 22.8 Å². The van der Waals surface area contributed by atoms with Crippen LogP contribution in [0.3, 0.4) is 0 Å². The van der Waals surface area contributed by atoms with Crippen molar-refractivity contribution < 1.29 is 9.84 Å². The lowest BCUT2D eigenvalue weighted by Gasteiger charge is -2.30. The number of hydrogen-bond acceptors (Lipinski definition) is 5. The van der Waals surface area contributed by atoms with E-state index in [1.807, 2.05) is 62.4 Å². The number of ether oxygens (including phenoxy) is 1. The number of aromatic amines is 1. The number of aromatic nitrogens is 1. The number of H-pyrrole nitrogens is 1. The highest BCUT2D eigenvalue weighted by Crippen LogP contribution is 2.38. The molecule has 5 rings (SSSR count).